The van der Waals surface area contributed by atoms with E-state index in [0.717, 1.165) is 18.5 Å². The number of rotatable bonds is 5. The maximum absolute atomic E-state index is 11.2. The highest BCUT2D eigenvalue weighted by atomic mass is 32.2. The molecule has 1 fully saturated rings. The Morgan fingerprint density at radius 3 is 2.53 bits per heavy atom. The summed E-state index contributed by atoms with van der Waals surface area (Å²) < 4.78 is 28.0. The van der Waals surface area contributed by atoms with Crippen LogP contribution in [0.4, 0.5) is 11.4 Å². The maximum Gasteiger partial charge on any atom is 0.240 e. The number of nitrogens with one attached hydrogen (secondary N) is 1. The molecule has 1 aliphatic carbocycles. The summed E-state index contributed by atoms with van der Waals surface area (Å²) in [7, 11) is -2.06. The standard InChI is InChI=1S/C12H19N3O3S/c1-18-12(5-2-6-12)8-15-9-3-4-11(10(13)7-9)19(14,16)17/h3-4,7,15H,2,5-6,8,13H2,1H3,(H2,14,16,17). The van der Waals surface area contributed by atoms with E-state index in [1.54, 1.807) is 19.2 Å². The van der Waals surface area contributed by atoms with Crippen LogP contribution in [-0.2, 0) is 14.8 Å². The summed E-state index contributed by atoms with van der Waals surface area (Å²) in [6.45, 7) is 0.678. The van der Waals surface area contributed by atoms with Crippen LogP contribution in [0.2, 0.25) is 0 Å². The second-order valence-electron chi connectivity index (χ2n) is 4.89. The van der Waals surface area contributed by atoms with E-state index in [4.69, 9.17) is 15.6 Å². The van der Waals surface area contributed by atoms with Gasteiger partial charge in [-0.1, -0.05) is 0 Å². The van der Waals surface area contributed by atoms with Gasteiger partial charge >= 0.3 is 0 Å². The molecule has 0 spiro atoms. The molecule has 106 valence electrons. The van der Waals surface area contributed by atoms with Gasteiger partial charge in [0.15, 0.2) is 0 Å². The Balaban J connectivity index is 2.09. The second kappa shape index (κ2) is 4.99. The highest BCUT2D eigenvalue weighted by Gasteiger charge is 2.36. The lowest BCUT2D eigenvalue weighted by molar-refractivity contribution is -0.0601. The van der Waals surface area contributed by atoms with E-state index in [-0.39, 0.29) is 16.2 Å². The molecule has 7 heteroatoms. The summed E-state index contributed by atoms with van der Waals surface area (Å²) in [6, 6.07) is 4.63. The minimum absolute atomic E-state index is 0.0526. The van der Waals surface area contributed by atoms with Gasteiger partial charge in [-0.25, -0.2) is 13.6 Å². The first-order chi connectivity index (χ1) is 8.86. The molecule has 0 amide bonds. The van der Waals surface area contributed by atoms with Crippen molar-refractivity contribution in [3.63, 3.8) is 0 Å². The van der Waals surface area contributed by atoms with Gasteiger partial charge in [-0.05, 0) is 37.5 Å². The van der Waals surface area contributed by atoms with E-state index in [9.17, 15) is 8.42 Å². The molecule has 6 nitrogen and oxygen atoms in total. The quantitative estimate of drug-likeness (QED) is 0.697. The van der Waals surface area contributed by atoms with Crippen molar-refractivity contribution in [2.24, 2.45) is 5.14 Å². The van der Waals surface area contributed by atoms with Gasteiger partial charge in [0.25, 0.3) is 0 Å². The molecule has 0 aliphatic heterocycles. The van der Waals surface area contributed by atoms with Crippen LogP contribution < -0.4 is 16.2 Å². The van der Waals surface area contributed by atoms with Crippen molar-refractivity contribution in [2.75, 3.05) is 24.7 Å². The number of anilines is 2. The predicted molar refractivity (Wildman–Crippen MR) is 74.3 cm³/mol. The molecule has 0 heterocycles. The molecule has 1 aromatic carbocycles. The van der Waals surface area contributed by atoms with Crippen molar-refractivity contribution in [1.82, 2.24) is 0 Å². The van der Waals surface area contributed by atoms with E-state index in [1.165, 1.54) is 12.5 Å². The Morgan fingerprint density at radius 1 is 1.42 bits per heavy atom. The first-order valence-electron chi connectivity index (χ1n) is 6.08. The average Bonchev–Trinajstić information content (AvgIpc) is 2.26. The van der Waals surface area contributed by atoms with Gasteiger partial charge < -0.3 is 15.8 Å². The van der Waals surface area contributed by atoms with Gasteiger partial charge in [-0.2, -0.15) is 0 Å². The number of methoxy groups -OCH3 is 1. The molecule has 0 saturated heterocycles. The largest absolute Gasteiger partial charge is 0.398 e. The minimum Gasteiger partial charge on any atom is -0.398 e. The Kier molecular flexibility index (Phi) is 3.71. The molecule has 1 saturated carbocycles. The zero-order valence-electron chi connectivity index (χ0n) is 10.8. The molecule has 1 aliphatic rings. The highest BCUT2D eigenvalue weighted by Crippen LogP contribution is 2.35. The topological polar surface area (TPSA) is 107 Å². The normalized spacial score (nSPS) is 17.8. The Labute approximate surface area is 113 Å². The van der Waals surface area contributed by atoms with Gasteiger partial charge in [0.1, 0.15) is 4.90 Å². The molecule has 0 radical (unpaired) electrons. The molecule has 2 rings (SSSR count). The molecule has 19 heavy (non-hydrogen) atoms. The molecular formula is C12H19N3O3S. The van der Waals surface area contributed by atoms with Gasteiger partial charge in [0.2, 0.25) is 10.0 Å². The fourth-order valence-electron chi connectivity index (χ4n) is 2.20. The molecule has 5 N–H and O–H groups in total. The van der Waals surface area contributed by atoms with Gasteiger partial charge in [-0.15, -0.1) is 0 Å². The van der Waals surface area contributed by atoms with Crippen molar-refractivity contribution >= 4 is 21.4 Å². The van der Waals surface area contributed by atoms with Crippen LogP contribution in [0.5, 0.6) is 0 Å². The van der Waals surface area contributed by atoms with Crippen LogP contribution in [0, 0.1) is 0 Å². The highest BCUT2D eigenvalue weighted by molar-refractivity contribution is 7.89. The lowest BCUT2D eigenvalue weighted by Gasteiger charge is -2.40. The third-order valence-electron chi connectivity index (χ3n) is 3.63. The van der Waals surface area contributed by atoms with Gasteiger partial charge in [0, 0.05) is 19.3 Å². The number of ether oxygens (including phenoxy) is 1. The third kappa shape index (κ3) is 2.99. The molecule has 0 atom stereocenters. The SMILES string of the molecule is COC1(CNc2ccc(S(N)(=O)=O)c(N)c2)CCC1. The maximum atomic E-state index is 11.2. The zero-order valence-corrected chi connectivity index (χ0v) is 11.7. The van der Waals surface area contributed by atoms with Crippen LogP contribution in [0.1, 0.15) is 19.3 Å². The van der Waals surface area contributed by atoms with E-state index < -0.39 is 10.0 Å². The van der Waals surface area contributed by atoms with E-state index in [1.807, 2.05) is 0 Å². The summed E-state index contributed by atoms with van der Waals surface area (Å²) in [6.07, 6.45) is 3.23. The predicted octanol–water partition coefficient (Wildman–Crippen LogP) is 0.897. The Morgan fingerprint density at radius 2 is 2.11 bits per heavy atom. The van der Waals surface area contributed by atoms with Crippen LogP contribution in [0.3, 0.4) is 0 Å². The fraction of sp³-hybridized carbons (Fsp3) is 0.500. The van der Waals surface area contributed by atoms with Crippen molar-refractivity contribution in [3.05, 3.63) is 18.2 Å². The lowest BCUT2D eigenvalue weighted by atomic mass is 9.80. The van der Waals surface area contributed by atoms with Crippen LogP contribution in [0.25, 0.3) is 0 Å². The van der Waals surface area contributed by atoms with Crippen molar-refractivity contribution in [1.29, 1.82) is 0 Å². The lowest BCUT2D eigenvalue weighted by Crippen LogP contribution is -2.45. The number of nitrogens with two attached hydrogens (primary N) is 2. The van der Waals surface area contributed by atoms with Crippen molar-refractivity contribution < 1.29 is 13.2 Å². The molecule has 1 aromatic rings. The zero-order chi connectivity index (χ0) is 14.1. The summed E-state index contributed by atoms with van der Waals surface area (Å²) in [5.41, 5.74) is 6.50. The first kappa shape index (κ1) is 14.1. The minimum atomic E-state index is -3.77. The van der Waals surface area contributed by atoms with Crippen molar-refractivity contribution in [3.8, 4) is 0 Å². The number of primary sulfonamides is 1. The number of hydrogen-bond acceptors (Lipinski definition) is 5. The van der Waals surface area contributed by atoms with Crippen LogP contribution in [0.15, 0.2) is 23.1 Å². The first-order valence-corrected chi connectivity index (χ1v) is 7.62. The van der Waals surface area contributed by atoms with Gasteiger partial charge in [-0.3, -0.25) is 0 Å². The molecule has 0 aromatic heterocycles. The molecule has 0 unspecified atom stereocenters. The molecule has 0 bridgehead atoms. The number of benzene rings is 1. The van der Waals surface area contributed by atoms with Gasteiger partial charge in [0.05, 0.1) is 11.3 Å². The number of hydrogen-bond donors (Lipinski definition) is 3. The summed E-state index contributed by atoms with van der Waals surface area (Å²) in [5, 5.41) is 8.27. The molecular weight excluding hydrogens is 266 g/mol. The Hall–Kier alpha value is -1.31. The summed E-state index contributed by atoms with van der Waals surface area (Å²) >= 11 is 0. The smallest absolute Gasteiger partial charge is 0.240 e. The van der Waals surface area contributed by atoms with E-state index >= 15 is 0 Å². The van der Waals surface area contributed by atoms with Crippen LogP contribution in [-0.4, -0.2) is 27.7 Å². The van der Waals surface area contributed by atoms with Crippen molar-refractivity contribution in [2.45, 2.75) is 29.8 Å². The number of sulfonamides is 1. The number of nitrogen functional groups attached to an aromatic ring is 1. The van der Waals surface area contributed by atoms with Crippen LogP contribution >= 0.6 is 0 Å². The fourth-order valence-corrected chi connectivity index (χ4v) is 2.85. The van der Waals surface area contributed by atoms with E-state index in [2.05, 4.69) is 5.32 Å². The van der Waals surface area contributed by atoms with E-state index in [0.29, 0.717) is 6.54 Å². The summed E-state index contributed by atoms with van der Waals surface area (Å²) in [4.78, 5) is -0.0526. The Bertz CT molecular complexity index is 562. The summed E-state index contributed by atoms with van der Waals surface area (Å²) in [5.74, 6) is 0. The average molecular weight is 285 g/mol. The third-order valence-corrected chi connectivity index (χ3v) is 4.61. The monoisotopic (exact) mass is 285 g/mol. The second-order valence-corrected chi connectivity index (χ2v) is 6.42.